The van der Waals surface area contributed by atoms with Crippen molar-refractivity contribution in [2.75, 3.05) is 6.61 Å². The van der Waals surface area contributed by atoms with Crippen molar-refractivity contribution >= 4 is 0 Å². The van der Waals surface area contributed by atoms with E-state index in [9.17, 15) is 18.3 Å². The molecule has 1 fully saturated rings. The molecule has 0 aliphatic heterocycles. The first-order valence-corrected chi connectivity index (χ1v) is 14.3. The van der Waals surface area contributed by atoms with Crippen LogP contribution in [0, 0.1) is 41.5 Å². The summed E-state index contributed by atoms with van der Waals surface area (Å²) in [5.74, 6) is -1.78. The Morgan fingerprint density at radius 3 is 2.20 bits per heavy atom. The van der Waals surface area contributed by atoms with Crippen LogP contribution in [0.15, 0.2) is 48.5 Å². The Balaban J connectivity index is 1.36. The van der Waals surface area contributed by atoms with Gasteiger partial charge < -0.3 is 14.6 Å². The highest BCUT2D eigenvalue weighted by molar-refractivity contribution is 5.65. The molecular weight excluding hydrogens is 532 g/mol. The summed E-state index contributed by atoms with van der Waals surface area (Å²) in [6, 6.07) is 12.4. The van der Waals surface area contributed by atoms with Gasteiger partial charge in [-0.15, -0.1) is 12.3 Å². The SMILES string of the molecule is C#CCCCOc1ccc(-c2ccc(COc3ccc(C4CCC(C(O)CCC)CC4)c(F)c3F)cc2)c(F)c1F. The number of benzene rings is 3. The Kier molecular flexibility index (Phi) is 10.7. The maximum Gasteiger partial charge on any atom is 0.201 e. The first kappa shape index (κ1) is 30.5. The normalized spacial score (nSPS) is 17.6. The molecule has 0 saturated heterocycles. The standard InChI is InChI=1S/C34H36F4O3/c1-3-5-6-20-40-29-18-16-26(31(35)33(29)37)23-10-8-22(9-11-23)21-41-30-19-17-27(32(36)34(30)38)24-12-14-25(15-13-24)28(39)7-4-2/h1,8-11,16-19,24-25,28,39H,4-7,12-15,20-21H2,2H3. The lowest BCUT2D eigenvalue weighted by Gasteiger charge is -2.32. The van der Waals surface area contributed by atoms with Gasteiger partial charge in [0.25, 0.3) is 0 Å². The summed E-state index contributed by atoms with van der Waals surface area (Å²) in [5, 5.41) is 10.3. The smallest absolute Gasteiger partial charge is 0.201 e. The number of ether oxygens (including phenoxy) is 2. The molecule has 1 N–H and O–H groups in total. The van der Waals surface area contributed by atoms with E-state index in [4.69, 9.17) is 15.9 Å². The molecule has 0 spiro atoms. The van der Waals surface area contributed by atoms with Gasteiger partial charge in [-0.1, -0.05) is 43.7 Å². The summed E-state index contributed by atoms with van der Waals surface area (Å²) in [6.45, 7) is 2.20. The van der Waals surface area contributed by atoms with E-state index >= 15 is 4.39 Å². The van der Waals surface area contributed by atoms with E-state index in [2.05, 4.69) is 5.92 Å². The van der Waals surface area contributed by atoms with Crippen molar-refractivity contribution in [2.24, 2.45) is 5.92 Å². The maximum atomic E-state index is 15.0. The fraction of sp³-hybridized carbons (Fsp3) is 0.412. The molecule has 41 heavy (non-hydrogen) atoms. The van der Waals surface area contributed by atoms with Crippen molar-refractivity contribution < 1.29 is 32.1 Å². The molecule has 1 atom stereocenters. The topological polar surface area (TPSA) is 38.7 Å². The lowest BCUT2D eigenvalue weighted by atomic mass is 9.76. The summed E-state index contributed by atoms with van der Waals surface area (Å²) in [7, 11) is 0. The predicted molar refractivity (Wildman–Crippen MR) is 152 cm³/mol. The Bertz CT molecular complexity index is 1340. The number of unbranched alkanes of at least 4 members (excludes halogenated alkanes) is 1. The van der Waals surface area contributed by atoms with Crippen LogP contribution in [0.3, 0.4) is 0 Å². The van der Waals surface area contributed by atoms with Gasteiger partial charge in [0.1, 0.15) is 6.61 Å². The average Bonchev–Trinajstić information content (AvgIpc) is 2.99. The van der Waals surface area contributed by atoms with Crippen molar-refractivity contribution in [1.82, 2.24) is 0 Å². The Morgan fingerprint density at radius 1 is 0.854 bits per heavy atom. The van der Waals surface area contributed by atoms with Crippen molar-refractivity contribution in [3.63, 3.8) is 0 Å². The zero-order valence-corrected chi connectivity index (χ0v) is 23.3. The average molecular weight is 569 g/mol. The lowest BCUT2D eigenvalue weighted by molar-refractivity contribution is 0.0727. The second-order valence-corrected chi connectivity index (χ2v) is 10.6. The highest BCUT2D eigenvalue weighted by Gasteiger charge is 2.29. The van der Waals surface area contributed by atoms with Crippen molar-refractivity contribution in [3.8, 4) is 35.0 Å². The molecule has 0 radical (unpaired) electrons. The van der Waals surface area contributed by atoms with Crippen LogP contribution >= 0.6 is 0 Å². The van der Waals surface area contributed by atoms with E-state index in [1.54, 1.807) is 30.3 Å². The van der Waals surface area contributed by atoms with Gasteiger partial charge in [0.2, 0.25) is 11.6 Å². The third kappa shape index (κ3) is 7.42. The Hall–Kier alpha value is -3.50. The third-order valence-corrected chi connectivity index (χ3v) is 7.85. The van der Waals surface area contributed by atoms with Gasteiger partial charge in [-0.05, 0) is 85.3 Å². The highest BCUT2D eigenvalue weighted by Crippen LogP contribution is 2.40. The van der Waals surface area contributed by atoms with Crippen molar-refractivity contribution in [2.45, 2.75) is 76.9 Å². The maximum absolute atomic E-state index is 15.0. The van der Waals surface area contributed by atoms with Gasteiger partial charge in [-0.25, -0.2) is 8.78 Å². The summed E-state index contributed by atoms with van der Waals surface area (Å²) in [6.07, 6.45) is 10.6. The number of aliphatic hydroxyl groups excluding tert-OH is 1. The summed E-state index contributed by atoms with van der Waals surface area (Å²) >= 11 is 0. The van der Waals surface area contributed by atoms with Gasteiger partial charge in [0.05, 0.1) is 12.7 Å². The van der Waals surface area contributed by atoms with E-state index in [0.29, 0.717) is 42.4 Å². The monoisotopic (exact) mass is 568 g/mol. The lowest BCUT2D eigenvalue weighted by Crippen LogP contribution is -2.25. The van der Waals surface area contributed by atoms with Crippen molar-refractivity contribution in [3.05, 3.63) is 82.9 Å². The van der Waals surface area contributed by atoms with Gasteiger partial charge in [0.15, 0.2) is 23.1 Å². The minimum absolute atomic E-state index is 0.0301. The molecule has 1 saturated carbocycles. The quantitative estimate of drug-likeness (QED) is 0.135. The van der Waals surface area contributed by atoms with Gasteiger partial charge >= 0.3 is 0 Å². The second-order valence-electron chi connectivity index (χ2n) is 10.6. The first-order chi connectivity index (χ1) is 19.8. The second kappa shape index (κ2) is 14.4. The largest absolute Gasteiger partial charge is 0.490 e. The number of aliphatic hydroxyl groups is 1. The summed E-state index contributed by atoms with van der Waals surface area (Å²) in [4.78, 5) is 0. The molecule has 0 amide bonds. The van der Waals surface area contributed by atoms with Crippen LogP contribution < -0.4 is 9.47 Å². The van der Waals surface area contributed by atoms with Crippen LogP contribution in [0.1, 0.15) is 75.3 Å². The number of hydrogen-bond acceptors (Lipinski definition) is 3. The van der Waals surface area contributed by atoms with Gasteiger partial charge in [-0.3, -0.25) is 0 Å². The first-order valence-electron chi connectivity index (χ1n) is 14.3. The van der Waals surface area contributed by atoms with E-state index in [0.717, 1.165) is 25.7 Å². The molecule has 0 heterocycles. The van der Waals surface area contributed by atoms with E-state index in [1.807, 2.05) is 6.92 Å². The van der Waals surface area contributed by atoms with Gasteiger partial charge in [0, 0.05) is 12.0 Å². The van der Waals surface area contributed by atoms with Crippen LogP contribution in [-0.4, -0.2) is 17.8 Å². The highest BCUT2D eigenvalue weighted by atomic mass is 19.2. The zero-order valence-electron chi connectivity index (χ0n) is 23.3. The predicted octanol–water partition coefficient (Wildman–Crippen LogP) is 8.72. The fourth-order valence-electron chi connectivity index (χ4n) is 5.48. The molecule has 0 aromatic heterocycles. The number of terminal acetylenes is 1. The van der Waals surface area contributed by atoms with Gasteiger partial charge in [-0.2, -0.15) is 8.78 Å². The van der Waals surface area contributed by atoms with Crippen LogP contribution in [0.2, 0.25) is 0 Å². The molecule has 3 aromatic carbocycles. The summed E-state index contributed by atoms with van der Waals surface area (Å²) in [5.41, 5.74) is 1.52. The number of rotatable bonds is 12. The third-order valence-electron chi connectivity index (χ3n) is 7.85. The molecule has 0 bridgehead atoms. The molecule has 1 aliphatic carbocycles. The summed E-state index contributed by atoms with van der Waals surface area (Å²) < 4.78 is 70.0. The van der Waals surface area contributed by atoms with E-state index < -0.39 is 23.3 Å². The van der Waals surface area contributed by atoms with Crippen molar-refractivity contribution in [1.29, 1.82) is 0 Å². The molecule has 218 valence electrons. The van der Waals surface area contributed by atoms with E-state index in [-0.39, 0.29) is 48.2 Å². The fourth-order valence-corrected chi connectivity index (χ4v) is 5.48. The molecule has 3 nitrogen and oxygen atoms in total. The molecule has 4 rings (SSSR count). The number of halogens is 4. The van der Waals surface area contributed by atoms with Crippen LogP contribution in [-0.2, 0) is 6.61 Å². The number of hydrogen-bond donors (Lipinski definition) is 1. The van der Waals surface area contributed by atoms with Crippen LogP contribution in [0.4, 0.5) is 17.6 Å². The molecule has 7 heteroatoms. The molecular formula is C34H36F4O3. The molecule has 1 aliphatic rings. The molecule has 1 unspecified atom stereocenters. The van der Waals surface area contributed by atoms with E-state index in [1.165, 1.54) is 18.2 Å². The Morgan fingerprint density at radius 2 is 1.51 bits per heavy atom. The van der Waals surface area contributed by atoms with Crippen LogP contribution in [0.25, 0.3) is 11.1 Å². The molecule has 3 aromatic rings. The minimum Gasteiger partial charge on any atom is -0.490 e. The Labute approximate surface area is 239 Å². The minimum atomic E-state index is -1.07. The van der Waals surface area contributed by atoms with Crippen LogP contribution in [0.5, 0.6) is 11.5 Å². The zero-order chi connectivity index (χ0) is 29.4.